The summed E-state index contributed by atoms with van der Waals surface area (Å²) in [6.07, 6.45) is 8.50. The van der Waals surface area contributed by atoms with E-state index < -0.39 is 0 Å². The van der Waals surface area contributed by atoms with E-state index in [1.54, 1.807) is 0 Å². The summed E-state index contributed by atoms with van der Waals surface area (Å²) in [5, 5.41) is 4.02. The molecule has 1 amide bonds. The van der Waals surface area contributed by atoms with Gasteiger partial charge in [-0.05, 0) is 50.7 Å². The Balaban J connectivity index is 1.70. The number of carbonyl (C=O) groups is 1. The smallest absolute Gasteiger partial charge is 0.263 e. The van der Waals surface area contributed by atoms with Crippen LogP contribution in [0.2, 0.25) is 0 Å². The van der Waals surface area contributed by atoms with Crippen molar-refractivity contribution in [2.75, 3.05) is 0 Å². The van der Waals surface area contributed by atoms with Crippen molar-refractivity contribution in [3.05, 3.63) is 35.1 Å². The lowest BCUT2D eigenvalue weighted by Crippen LogP contribution is -2.37. The molecule has 0 atom stereocenters. The molecule has 2 aromatic rings. The van der Waals surface area contributed by atoms with Crippen LogP contribution in [-0.4, -0.2) is 21.5 Å². The Bertz CT molecular complexity index is 610. The van der Waals surface area contributed by atoms with Gasteiger partial charge in [0.05, 0.1) is 5.69 Å². The molecule has 112 valence electrons. The molecule has 5 heteroatoms. The maximum Gasteiger partial charge on any atom is 0.263 e. The molecule has 0 aliphatic heterocycles. The summed E-state index contributed by atoms with van der Waals surface area (Å²) >= 11 is 1.45. The third-order valence-electron chi connectivity index (χ3n) is 4.17. The lowest BCUT2D eigenvalue weighted by Gasteiger charge is -2.26. The molecule has 2 heterocycles. The van der Waals surface area contributed by atoms with Crippen molar-refractivity contribution in [3.63, 3.8) is 0 Å². The van der Waals surface area contributed by atoms with Gasteiger partial charge in [0.2, 0.25) is 0 Å². The van der Waals surface area contributed by atoms with Crippen LogP contribution < -0.4 is 5.32 Å². The molecule has 4 nitrogen and oxygen atoms in total. The van der Waals surface area contributed by atoms with Gasteiger partial charge in [-0.25, -0.2) is 4.98 Å². The fourth-order valence-electron chi connectivity index (χ4n) is 2.82. The van der Waals surface area contributed by atoms with Crippen molar-refractivity contribution in [1.29, 1.82) is 0 Å². The van der Waals surface area contributed by atoms with E-state index in [2.05, 4.69) is 17.2 Å². The van der Waals surface area contributed by atoms with Gasteiger partial charge in [-0.2, -0.15) is 0 Å². The maximum atomic E-state index is 12.4. The third kappa shape index (κ3) is 3.18. The van der Waals surface area contributed by atoms with E-state index in [9.17, 15) is 4.79 Å². The summed E-state index contributed by atoms with van der Waals surface area (Å²) in [6, 6.07) is 4.24. The van der Waals surface area contributed by atoms with Gasteiger partial charge >= 0.3 is 0 Å². The molecule has 21 heavy (non-hydrogen) atoms. The van der Waals surface area contributed by atoms with Gasteiger partial charge in [-0.15, -0.1) is 0 Å². The van der Waals surface area contributed by atoms with Crippen LogP contribution >= 0.6 is 11.3 Å². The predicted molar refractivity (Wildman–Crippen MR) is 85.1 cm³/mol. The van der Waals surface area contributed by atoms with Crippen LogP contribution in [0.3, 0.4) is 0 Å². The van der Waals surface area contributed by atoms with Gasteiger partial charge in [0.1, 0.15) is 4.88 Å². The van der Waals surface area contributed by atoms with Crippen LogP contribution in [0.15, 0.2) is 24.5 Å². The number of thiazole rings is 1. The highest BCUT2D eigenvalue weighted by Gasteiger charge is 2.22. The number of amides is 1. The molecule has 0 radical (unpaired) electrons. The average molecular weight is 303 g/mol. The highest BCUT2D eigenvalue weighted by Crippen LogP contribution is 2.25. The summed E-state index contributed by atoms with van der Waals surface area (Å²) < 4.78 is 1.94. The second-order valence-electron chi connectivity index (χ2n) is 5.93. The van der Waals surface area contributed by atoms with Crippen LogP contribution in [-0.2, 0) is 0 Å². The lowest BCUT2D eigenvalue weighted by molar-refractivity contribution is 0.0926. The first kappa shape index (κ1) is 14.3. The second-order valence-corrected chi connectivity index (χ2v) is 6.91. The van der Waals surface area contributed by atoms with Gasteiger partial charge < -0.3 is 9.88 Å². The van der Waals surface area contributed by atoms with Crippen molar-refractivity contribution in [2.45, 2.75) is 45.6 Å². The summed E-state index contributed by atoms with van der Waals surface area (Å²) in [4.78, 5) is 17.7. The number of aryl methyl sites for hydroxylation is 1. The van der Waals surface area contributed by atoms with Gasteiger partial charge in [-0.1, -0.05) is 18.3 Å². The van der Waals surface area contributed by atoms with Crippen LogP contribution in [0.5, 0.6) is 0 Å². The molecule has 3 rings (SSSR count). The number of carbonyl (C=O) groups excluding carboxylic acids is 1. The summed E-state index contributed by atoms with van der Waals surface area (Å²) in [7, 11) is 0. The van der Waals surface area contributed by atoms with Crippen molar-refractivity contribution >= 4 is 17.2 Å². The van der Waals surface area contributed by atoms with E-state index in [0.29, 0.717) is 6.04 Å². The first-order valence-electron chi connectivity index (χ1n) is 7.55. The van der Waals surface area contributed by atoms with Crippen LogP contribution in [0.25, 0.3) is 5.13 Å². The number of nitrogens with one attached hydrogen (secondary N) is 1. The van der Waals surface area contributed by atoms with E-state index in [0.717, 1.165) is 34.5 Å². The molecule has 1 saturated carbocycles. The minimum Gasteiger partial charge on any atom is -0.349 e. The van der Waals surface area contributed by atoms with E-state index in [1.165, 1.54) is 24.2 Å². The predicted octanol–water partition coefficient (Wildman–Crippen LogP) is 3.55. The second kappa shape index (κ2) is 6.02. The molecule has 1 fully saturated rings. The molecule has 0 spiro atoms. The summed E-state index contributed by atoms with van der Waals surface area (Å²) in [6.45, 7) is 4.19. The van der Waals surface area contributed by atoms with E-state index >= 15 is 0 Å². The number of hydrogen-bond acceptors (Lipinski definition) is 3. The largest absolute Gasteiger partial charge is 0.349 e. The fourth-order valence-corrected chi connectivity index (χ4v) is 3.76. The van der Waals surface area contributed by atoms with Gasteiger partial charge in [0.15, 0.2) is 5.13 Å². The molecular formula is C16H21N3OS. The maximum absolute atomic E-state index is 12.4. The highest BCUT2D eigenvalue weighted by atomic mass is 32.1. The first-order valence-corrected chi connectivity index (χ1v) is 8.37. The molecule has 0 saturated heterocycles. The Labute approximate surface area is 129 Å². The molecule has 0 bridgehead atoms. The van der Waals surface area contributed by atoms with Crippen molar-refractivity contribution < 1.29 is 4.79 Å². The standard InChI is InChI=1S/C16H21N3OS/c1-11-5-7-13(8-6-11)18-15(20)14-12(2)17-16(21-14)19-9-3-4-10-19/h3-4,9-11,13H,5-8H2,1-2H3,(H,18,20). The molecule has 1 aliphatic rings. The molecule has 1 aliphatic carbocycles. The van der Waals surface area contributed by atoms with Gasteiger partial charge in [-0.3, -0.25) is 4.79 Å². The minimum atomic E-state index is 0.0305. The quantitative estimate of drug-likeness (QED) is 0.942. The zero-order valence-electron chi connectivity index (χ0n) is 12.5. The normalized spacial score (nSPS) is 22.2. The molecule has 2 aromatic heterocycles. The zero-order valence-corrected chi connectivity index (χ0v) is 13.3. The zero-order chi connectivity index (χ0) is 14.8. The molecule has 0 unspecified atom stereocenters. The van der Waals surface area contributed by atoms with Gasteiger partial charge in [0.25, 0.3) is 5.91 Å². The van der Waals surface area contributed by atoms with Crippen molar-refractivity contribution in [1.82, 2.24) is 14.9 Å². The van der Waals surface area contributed by atoms with Crippen LogP contribution in [0.4, 0.5) is 0 Å². The monoisotopic (exact) mass is 303 g/mol. The number of rotatable bonds is 3. The summed E-state index contributed by atoms with van der Waals surface area (Å²) in [5.74, 6) is 0.826. The minimum absolute atomic E-state index is 0.0305. The lowest BCUT2D eigenvalue weighted by atomic mass is 9.87. The van der Waals surface area contributed by atoms with Crippen molar-refractivity contribution in [2.24, 2.45) is 5.92 Å². The number of nitrogens with zero attached hydrogens (tertiary/aromatic N) is 2. The summed E-state index contributed by atoms with van der Waals surface area (Å²) in [5.41, 5.74) is 0.811. The highest BCUT2D eigenvalue weighted by molar-refractivity contribution is 7.16. The van der Waals surface area contributed by atoms with E-state index in [1.807, 2.05) is 36.0 Å². The third-order valence-corrected chi connectivity index (χ3v) is 5.34. The number of aromatic nitrogens is 2. The Hall–Kier alpha value is -1.62. The number of hydrogen-bond donors (Lipinski definition) is 1. The Morgan fingerprint density at radius 2 is 1.95 bits per heavy atom. The van der Waals surface area contributed by atoms with Crippen LogP contribution in [0, 0.1) is 12.8 Å². The van der Waals surface area contributed by atoms with Crippen LogP contribution in [0.1, 0.15) is 48.0 Å². The molecule has 0 aromatic carbocycles. The van der Waals surface area contributed by atoms with Gasteiger partial charge in [0, 0.05) is 18.4 Å². The molecular weight excluding hydrogens is 282 g/mol. The Kier molecular flexibility index (Phi) is 4.10. The average Bonchev–Trinajstić information content (AvgIpc) is 3.10. The Morgan fingerprint density at radius 1 is 1.29 bits per heavy atom. The fraction of sp³-hybridized carbons (Fsp3) is 0.500. The Morgan fingerprint density at radius 3 is 2.62 bits per heavy atom. The van der Waals surface area contributed by atoms with E-state index in [-0.39, 0.29) is 5.91 Å². The first-order chi connectivity index (χ1) is 10.1. The van der Waals surface area contributed by atoms with E-state index in [4.69, 9.17) is 0 Å². The van der Waals surface area contributed by atoms with Crippen molar-refractivity contribution in [3.8, 4) is 5.13 Å². The topological polar surface area (TPSA) is 46.9 Å². The molecule has 1 N–H and O–H groups in total. The SMILES string of the molecule is Cc1nc(-n2cccc2)sc1C(=O)NC1CCC(C)CC1.